The molecule has 0 bridgehead atoms. The number of halogens is 3. The Kier molecular flexibility index (Phi) is 3.61. The monoisotopic (exact) mass is 281 g/mol. The van der Waals surface area contributed by atoms with E-state index in [0.717, 1.165) is 23.3 Å². The number of rotatable bonds is 2. The van der Waals surface area contributed by atoms with E-state index in [1.807, 2.05) is 13.8 Å². The van der Waals surface area contributed by atoms with Gasteiger partial charge in [0, 0.05) is 5.69 Å². The van der Waals surface area contributed by atoms with Crippen LogP contribution < -0.4 is 10.5 Å². The Morgan fingerprint density at radius 2 is 1.45 bits per heavy atom. The number of ether oxygens (including phenoxy) is 1. The van der Waals surface area contributed by atoms with Gasteiger partial charge in [-0.2, -0.15) is 13.2 Å². The molecule has 0 saturated heterocycles. The fourth-order valence-electron chi connectivity index (χ4n) is 1.97. The second kappa shape index (κ2) is 5.07. The Morgan fingerprint density at radius 1 is 0.950 bits per heavy atom. The van der Waals surface area contributed by atoms with Crippen LogP contribution >= 0.6 is 0 Å². The molecule has 5 heteroatoms. The lowest BCUT2D eigenvalue weighted by molar-refractivity contribution is -0.137. The fourth-order valence-corrected chi connectivity index (χ4v) is 1.97. The van der Waals surface area contributed by atoms with Crippen LogP contribution in [0.4, 0.5) is 18.9 Å². The lowest BCUT2D eigenvalue weighted by Gasteiger charge is -2.13. The van der Waals surface area contributed by atoms with Crippen LogP contribution in [0.1, 0.15) is 16.7 Å². The van der Waals surface area contributed by atoms with Crippen molar-refractivity contribution >= 4 is 5.69 Å². The van der Waals surface area contributed by atoms with E-state index in [1.165, 1.54) is 12.1 Å². The zero-order valence-electron chi connectivity index (χ0n) is 11.1. The quantitative estimate of drug-likeness (QED) is 0.810. The lowest BCUT2D eigenvalue weighted by Crippen LogP contribution is -2.04. The first-order valence-corrected chi connectivity index (χ1v) is 5.99. The minimum Gasteiger partial charge on any atom is -0.457 e. The molecule has 0 aliphatic rings. The van der Waals surface area contributed by atoms with Gasteiger partial charge in [-0.25, -0.2) is 0 Å². The molecule has 2 aromatic rings. The van der Waals surface area contributed by atoms with Crippen molar-refractivity contribution in [2.75, 3.05) is 5.73 Å². The molecule has 2 nitrogen and oxygen atoms in total. The molecule has 0 unspecified atom stereocenters. The van der Waals surface area contributed by atoms with Crippen molar-refractivity contribution in [3.63, 3.8) is 0 Å². The smallest absolute Gasteiger partial charge is 0.416 e. The Bertz CT molecular complexity index is 595. The minimum absolute atomic E-state index is 0.356. The number of alkyl halides is 3. The van der Waals surface area contributed by atoms with Gasteiger partial charge in [0.05, 0.1) is 5.56 Å². The van der Waals surface area contributed by atoms with Gasteiger partial charge in [0.25, 0.3) is 0 Å². The lowest BCUT2D eigenvalue weighted by atomic mass is 10.1. The van der Waals surface area contributed by atoms with Crippen molar-refractivity contribution in [1.29, 1.82) is 0 Å². The van der Waals surface area contributed by atoms with Gasteiger partial charge >= 0.3 is 6.18 Å². The predicted molar refractivity (Wildman–Crippen MR) is 71.8 cm³/mol. The minimum atomic E-state index is -4.34. The van der Waals surface area contributed by atoms with E-state index in [0.29, 0.717) is 17.2 Å². The standard InChI is InChI=1S/C15H14F3NO/c1-9-7-12(19)8-10(2)14(9)20-13-5-3-11(4-6-13)15(16,17)18/h3-8H,19H2,1-2H3. The summed E-state index contributed by atoms with van der Waals surface area (Å²) in [5.74, 6) is 0.966. The number of hydrogen-bond donors (Lipinski definition) is 1. The molecule has 0 aliphatic carbocycles. The van der Waals surface area contributed by atoms with Gasteiger partial charge in [0.15, 0.2) is 0 Å². The summed E-state index contributed by atoms with van der Waals surface area (Å²) in [5, 5.41) is 0. The predicted octanol–water partition coefficient (Wildman–Crippen LogP) is 4.70. The van der Waals surface area contributed by atoms with E-state index in [-0.39, 0.29) is 0 Å². The number of benzene rings is 2. The van der Waals surface area contributed by atoms with Gasteiger partial charge in [-0.1, -0.05) is 0 Å². The maximum absolute atomic E-state index is 12.5. The Balaban J connectivity index is 2.27. The van der Waals surface area contributed by atoms with E-state index in [2.05, 4.69) is 0 Å². The summed E-state index contributed by atoms with van der Waals surface area (Å²) >= 11 is 0. The van der Waals surface area contributed by atoms with Crippen LogP contribution in [0.2, 0.25) is 0 Å². The van der Waals surface area contributed by atoms with Crippen LogP contribution in [-0.4, -0.2) is 0 Å². The molecule has 2 rings (SSSR count). The molecule has 0 aromatic heterocycles. The van der Waals surface area contributed by atoms with Crippen LogP contribution in [0.25, 0.3) is 0 Å². The van der Waals surface area contributed by atoms with Gasteiger partial charge < -0.3 is 10.5 Å². The van der Waals surface area contributed by atoms with Gasteiger partial charge in [-0.05, 0) is 61.4 Å². The molecule has 0 fully saturated rings. The molecule has 2 aromatic carbocycles. The molecule has 0 amide bonds. The molecular weight excluding hydrogens is 267 g/mol. The van der Waals surface area contributed by atoms with Crippen molar-refractivity contribution in [3.8, 4) is 11.5 Å². The number of nitrogens with two attached hydrogens (primary N) is 1. The zero-order valence-corrected chi connectivity index (χ0v) is 11.1. The SMILES string of the molecule is Cc1cc(N)cc(C)c1Oc1ccc(C(F)(F)F)cc1. The number of aryl methyl sites for hydroxylation is 2. The molecule has 0 saturated carbocycles. The molecule has 106 valence electrons. The van der Waals surface area contributed by atoms with Crippen LogP contribution in [0.5, 0.6) is 11.5 Å². The molecule has 0 heterocycles. The molecule has 0 aliphatic heterocycles. The van der Waals surface area contributed by atoms with Crippen molar-refractivity contribution in [3.05, 3.63) is 53.1 Å². The number of anilines is 1. The third-order valence-corrected chi connectivity index (χ3v) is 2.88. The average Bonchev–Trinajstić information content (AvgIpc) is 2.33. The second-order valence-corrected chi connectivity index (χ2v) is 4.61. The zero-order chi connectivity index (χ0) is 14.9. The van der Waals surface area contributed by atoms with Gasteiger partial charge in [-0.3, -0.25) is 0 Å². The van der Waals surface area contributed by atoms with E-state index in [4.69, 9.17) is 10.5 Å². The largest absolute Gasteiger partial charge is 0.457 e. The van der Waals surface area contributed by atoms with Crippen molar-refractivity contribution in [2.24, 2.45) is 0 Å². The highest BCUT2D eigenvalue weighted by Crippen LogP contribution is 2.33. The Hall–Kier alpha value is -2.17. The first-order valence-electron chi connectivity index (χ1n) is 5.99. The molecule has 0 atom stereocenters. The number of nitrogen functional groups attached to an aromatic ring is 1. The Labute approximate surface area is 115 Å². The Morgan fingerprint density at radius 3 is 1.90 bits per heavy atom. The summed E-state index contributed by atoms with van der Waals surface area (Å²) < 4.78 is 43.0. The highest BCUT2D eigenvalue weighted by atomic mass is 19.4. The van der Waals surface area contributed by atoms with Crippen LogP contribution in [0.3, 0.4) is 0 Å². The first-order chi connectivity index (χ1) is 9.27. The summed E-state index contributed by atoms with van der Waals surface area (Å²) in [7, 11) is 0. The molecule has 2 N–H and O–H groups in total. The van der Waals surface area contributed by atoms with Crippen molar-refractivity contribution in [1.82, 2.24) is 0 Å². The van der Waals surface area contributed by atoms with Gasteiger partial charge in [0.1, 0.15) is 11.5 Å². The van der Waals surface area contributed by atoms with Crippen LogP contribution in [0, 0.1) is 13.8 Å². The molecule has 20 heavy (non-hydrogen) atoms. The maximum Gasteiger partial charge on any atom is 0.416 e. The van der Waals surface area contributed by atoms with E-state index in [9.17, 15) is 13.2 Å². The average molecular weight is 281 g/mol. The summed E-state index contributed by atoms with van der Waals surface area (Å²) in [6.45, 7) is 3.67. The molecule has 0 spiro atoms. The maximum atomic E-state index is 12.5. The van der Waals surface area contributed by atoms with Crippen molar-refractivity contribution in [2.45, 2.75) is 20.0 Å². The summed E-state index contributed by atoms with van der Waals surface area (Å²) in [4.78, 5) is 0. The van der Waals surface area contributed by atoms with E-state index >= 15 is 0 Å². The van der Waals surface area contributed by atoms with Crippen LogP contribution in [-0.2, 0) is 6.18 Å². The molecular formula is C15H14F3NO. The van der Waals surface area contributed by atoms with Gasteiger partial charge in [-0.15, -0.1) is 0 Å². The van der Waals surface area contributed by atoms with Crippen LogP contribution in [0.15, 0.2) is 36.4 Å². The number of hydrogen-bond acceptors (Lipinski definition) is 2. The second-order valence-electron chi connectivity index (χ2n) is 4.61. The summed E-state index contributed by atoms with van der Waals surface area (Å²) in [5.41, 5.74) is 7.31. The molecule has 0 radical (unpaired) electrons. The van der Waals surface area contributed by atoms with Crippen molar-refractivity contribution < 1.29 is 17.9 Å². The summed E-state index contributed by atoms with van der Waals surface area (Å²) in [6.07, 6.45) is -4.34. The van der Waals surface area contributed by atoms with Gasteiger partial charge in [0.2, 0.25) is 0 Å². The third kappa shape index (κ3) is 3.04. The fraction of sp³-hybridized carbons (Fsp3) is 0.200. The van der Waals surface area contributed by atoms with E-state index in [1.54, 1.807) is 12.1 Å². The highest BCUT2D eigenvalue weighted by molar-refractivity contribution is 5.53. The summed E-state index contributed by atoms with van der Waals surface area (Å²) in [6, 6.07) is 8.11. The highest BCUT2D eigenvalue weighted by Gasteiger charge is 2.30. The first kappa shape index (κ1) is 14.2. The normalized spacial score (nSPS) is 11.4. The topological polar surface area (TPSA) is 35.2 Å². The van der Waals surface area contributed by atoms with E-state index < -0.39 is 11.7 Å². The third-order valence-electron chi connectivity index (χ3n) is 2.88.